The average molecular weight is 453 g/mol. The lowest BCUT2D eigenvalue weighted by Gasteiger charge is -2.46. The molecule has 4 rings (SSSR count). The molecule has 33 heavy (non-hydrogen) atoms. The van der Waals surface area contributed by atoms with Crippen molar-refractivity contribution in [2.75, 3.05) is 32.0 Å². The first-order valence-electron chi connectivity index (χ1n) is 11.8. The number of carbonyl (C=O) groups is 2. The van der Waals surface area contributed by atoms with Gasteiger partial charge in [-0.1, -0.05) is 56.0 Å². The van der Waals surface area contributed by atoms with Gasteiger partial charge in [-0.05, 0) is 30.0 Å². The largest absolute Gasteiger partial charge is 0.837 e. The molecule has 1 aliphatic carbocycles. The van der Waals surface area contributed by atoms with Crippen molar-refractivity contribution < 1.29 is 23.9 Å². The molecule has 3 atom stereocenters. The van der Waals surface area contributed by atoms with Crippen LogP contribution in [-0.4, -0.2) is 59.3 Å². The minimum atomic E-state index is -1.89. The van der Waals surface area contributed by atoms with Gasteiger partial charge in [0, 0.05) is 18.2 Å². The van der Waals surface area contributed by atoms with E-state index in [0.29, 0.717) is 28.8 Å². The molecule has 8 heteroatoms. The lowest BCUT2D eigenvalue weighted by molar-refractivity contribution is -0.909. The molecule has 2 unspecified atom stereocenters. The molecule has 0 bridgehead atoms. The number of aromatic nitrogens is 2. The number of nitrogens with zero attached hydrogens (tertiary/aromatic N) is 3. The summed E-state index contributed by atoms with van der Waals surface area (Å²) >= 11 is 0. The van der Waals surface area contributed by atoms with Crippen molar-refractivity contribution in [3.63, 3.8) is 0 Å². The molecule has 8 nitrogen and oxygen atoms in total. The molecule has 1 aromatic heterocycles. The fraction of sp³-hybridized carbons (Fsp3) is 0.520. The van der Waals surface area contributed by atoms with Gasteiger partial charge in [-0.25, -0.2) is 0 Å². The van der Waals surface area contributed by atoms with Gasteiger partial charge in [-0.2, -0.15) is 5.10 Å². The number of likely N-dealkylation sites (N-methyl/N-ethyl adjacent to an activating group) is 1. The predicted octanol–water partition coefficient (Wildman–Crippen LogP) is 2.01. The van der Waals surface area contributed by atoms with E-state index in [1.54, 1.807) is 42.6 Å². The third-order valence-corrected chi connectivity index (χ3v) is 6.94. The van der Waals surface area contributed by atoms with E-state index in [2.05, 4.69) is 15.5 Å². The topological polar surface area (TPSA) is 104 Å². The SMILES string of the molecule is C[N@@+]1(CC(=O)Nc2cccnn2)CCCC(OC(=O)C([O-])(c2ccccc2)C2CCCC2)C1. The summed E-state index contributed by atoms with van der Waals surface area (Å²) in [4.78, 5) is 25.9. The Balaban J connectivity index is 1.43. The monoisotopic (exact) mass is 452 g/mol. The maximum absolute atomic E-state index is 14.1. The molecule has 1 saturated heterocycles. The van der Waals surface area contributed by atoms with Gasteiger partial charge in [-0.3, -0.25) is 9.59 Å². The van der Waals surface area contributed by atoms with Crippen LogP contribution in [0.25, 0.3) is 0 Å². The third kappa shape index (κ3) is 5.39. The summed E-state index contributed by atoms with van der Waals surface area (Å²) < 4.78 is 6.33. The van der Waals surface area contributed by atoms with Crippen molar-refractivity contribution >= 4 is 17.7 Å². The quantitative estimate of drug-likeness (QED) is 0.509. The van der Waals surface area contributed by atoms with Crippen molar-refractivity contribution in [3.8, 4) is 0 Å². The van der Waals surface area contributed by atoms with Gasteiger partial charge in [0.1, 0.15) is 6.54 Å². The number of nitrogens with one attached hydrogen (secondary N) is 1. The van der Waals surface area contributed by atoms with E-state index >= 15 is 0 Å². The fourth-order valence-corrected chi connectivity index (χ4v) is 5.29. The molecule has 0 radical (unpaired) electrons. The van der Waals surface area contributed by atoms with Crippen molar-refractivity contribution in [3.05, 3.63) is 54.2 Å². The highest BCUT2D eigenvalue weighted by molar-refractivity contribution is 5.90. The maximum Gasteiger partial charge on any atom is 0.300 e. The molecule has 1 aromatic carbocycles. The van der Waals surface area contributed by atoms with Crippen LogP contribution in [0.3, 0.4) is 0 Å². The van der Waals surface area contributed by atoms with Crippen LogP contribution in [0.4, 0.5) is 5.82 Å². The van der Waals surface area contributed by atoms with Crippen LogP contribution in [0, 0.1) is 5.92 Å². The second-order valence-electron chi connectivity index (χ2n) is 9.59. The normalized spacial score (nSPS) is 25.2. The lowest BCUT2D eigenvalue weighted by atomic mass is 9.80. The Kier molecular flexibility index (Phi) is 7.05. The van der Waals surface area contributed by atoms with Gasteiger partial charge in [0.05, 0.1) is 13.6 Å². The van der Waals surface area contributed by atoms with Crippen LogP contribution in [0.5, 0.6) is 0 Å². The summed E-state index contributed by atoms with van der Waals surface area (Å²) in [6.45, 7) is 1.52. The van der Waals surface area contributed by atoms with Crippen molar-refractivity contribution in [1.29, 1.82) is 0 Å². The summed E-state index contributed by atoms with van der Waals surface area (Å²) in [5, 5.41) is 24.5. The number of amides is 1. The number of anilines is 1. The molecule has 0 spiro atoms. The molecule has 1 amide bonds. The van der Waals surface area contributed by atoms with Gasteiger partial charge in [0.15, 0.2) is 18.5 Å². The van der Waals surface area contributed by atoms with Crippen LogP contribution in [0.15, 0.2) is 48.7 Å². The standard InChI is InChI=1S/C25H32N4O4/c1-29(18-23(30)27-22-14-7-15-26-28-22)16-8-13-21(17-29)33-24(31)25(32,20-11-5-6-12-20)19-9-3-2-4-10-19/h2-4,7,9-10,14-15,20-21H,5-6,8,11-13,16-18H2,1H3,(H,27,28,30)/t21?,25?,29-/m1/s1. The molecule has 2 heterocycles. The number of hydrogen-bond acceptors (Lipinski definition) is 6. The Hall–Kier alpha value is -2.84. The molecule has 1 N–H and O–H groups in total. The molecule has 1 saturated carbocycles. The molecule has 176 valence electrons. The first kappa shape index (κ1) is 23.3. The maximum atomic E-state index is 14.1. The van der Waals surface area contributed by atoms with Crippen LogP contribution in [0.2, 0.25) is 0 Å². The van der Waals surface area contributed by atoms with Crippen molar-refractivity contribution in [2.24, 2.45) is 5.92 Å². The third-order valence-electron chi connectivity index (χ3n) is 6.94. The average Bonchev–Trinajstić information content (AvgIpc) is 3.35. The summed E-state index contributed by atoms with van der Waals surface area (Å²) in [7, 11) is 1.98. The van der Waals surface area contributed by atoms with Gasteiger partial charge in [-0.15, -0.1) is 5.10 Å². The number of ether oxygens (including phenoxy) is 1. The van der Waals surface area contributed by atoms with E-state index < -0.39 is 11.6 Å². The smallest absolute Gasteiger partial charge is 0.300 e. The van der Waals surface area contributed by atoms with Crippen molar-refractivity contribution in [2.45, 2.75) is 50.2 Å². The summed E-state index contributed by atoms with van der Waals surface area (Å²) in [6.07, 6.45) is 6.09. The zero-order valence-electron chi connectivity index (χ0n) is 19.1. The second kappa shape index (κ2) is 9.97. The summed E-state index contributed by atoms with van der Waals surface area (Å²) in [6, 6.07) is 12.3. The van der Waals surface area contributed by atoms with Crippen LogP contribution < -0.4 is 10.4 Å². The molecule has 2 fully saturated rings. The van der Waals surface area contributed by atoms with E-state index in [4.69, 9.17) is 4.74 Å². The molecular formula is C25H32N4O4. The zero-order chi connectivity index (χ0) is 23.3. The number of benzene rings is 1. The van der Waals surface area contributed by atoms with Crippen molar-refractivity contribution in [1.82, 2.24) is 10.2 Å². The Morgan fingerprint density at radius 1 is 1.12 bits per heavy atom. The Labute approximate surface area is 194 Å². The molecule has 2 aromatic rings. The Bertz CT molecular complexity index is 951. The van der Waals surface area contributed by atoms with Gasteiger partial charge in [0.25, 0.3) is 5.91 Å². The molecule has 2 aliphatic rings. The number of hydrogen-bond donors (Lipinski definition) is 1. The first-order chi connectivity index (χ1) is 15.9. The highest BCUT2D eigenvalue weighted by Crippen LogP contribution is 2.40. The molecular weight excluding hydrogens is 420 g/mol. The number of rotatable bonds is 7. The highest BCUT2D eigenvalue weighted by atomic mass is 16.6. The van der Waals surface area contributed by atoms with E-state index in [0.717, 1.165) is 38.6 Å². The van der Waals surface area contributed by atoms with Crippen LogP contribution in [-0.2, 0) is 19.9 Å². The van der Waals surface area contributed by atoms with Gasteiger partial charge in [0.2, 0.25) is 0 Å². The first-order valence-corrected chi connectivity index (χ1v) is 11.8. The van der Waals surface area contributed by atoms with Crippen LogP contribution in [0.1, 0.15) is 44.1 Å². The van der Waals surface area contributed by atoms with Crippen LogP contribution >= 0.6 is 0 Å². The number of piperidine rings is 1. The highest BCUT2D eigenvalue weighted by Gasteiger charge is 2.42. The number of likely N-dealkylation sites (tertiary alicyclic amines) is 1. The Morgan fingerprint density at radius 2 is 1.88 bits per heavy atom. The Morgan fingerprint density at radius 3 is 2.58 bits per heavy atom. The van der Waals surface area contributed by atoms with E-state index in [-0.39, 0.29) is 24.5 Å². The lowest BCUT2D eigenvalue weighted by Crippen LogP contribution is -2.59. The van der Waals surface area contributed by atoms with E-state index in [1.807, 2.05) is 13.1 Å². The number of quaternary nitrogens is 1. The minimum absolute atomic E-state index is 0.168. The summed E-state index contributed by atoms with van der Waals surface area (Å²) in [5.74, 6) is -0.694. The van der Waals surface area contributed by atoms with E-state index in [1.165, 1.54) is 0 Å². The van der Waals surface area contributed by atoms with E-state index in [9.17, 15) is 14.7 Å². The predicted molar refractivity (Wildman–Crippen MR) is 121 cm³/mol. The second-order valence-corrected chi connectivity index (χ2v) is 9.59. The zero-order valence-corrected chi connectivity index (χ0v) is 19.1. The number of esters is 1. The number of carbonyl (C=O) groups excluding carboxylic acids is 2. The van der Waals surface area contributed by atoms with Gasteiger partial charge < -0.3 is 19.6 Å². The minimum Gasteiger partial charge on any atom is -0.837 e. The molecule has 1 aliphatic heterocycles. The van der Waals surface area contributed by atoms with Gasteiger partial charge >= 0.3 is 5.97 Å². The summed E-state index contributed by atoms with van der Waals surface area (Å²) in [5.41, 5.74) is -1.40. The fourth-order valence-electron chi connectivity index (χ4n) is 5.29.